The summed E-state index contributed by atoms with van der Waals surface area (Å²) in [4.78, 5) is 12.3. The van der Waals surface area contributed by atoms with Crippen molar-refractivity contribution in [3.63, 3.8) is 0 Å². The molecule has 5 nitrogen and oxygen atoms in total. The summed E-state index contributed by atoms with van der Waals surface area (Å²) in [6.45, 7) is 2.00. The fraction of sp³-hybridized carbons (Fsp3) is 0.0909. The summed E-state index contributed by atoms with van der Waals surface area (Å²) >= 11 is 0. The number of amides is 1. The number of carbonyl (C=O) groups is 1. The third-order valence-electron chi connectivity index (χ3n) is 4.46. The number of rotatable bonds is 4. The van der Waals surface area contributed by atoms with Crippen molar-refractivity contribution >= 4 is 28.3 Å². The zero-order valence-corrected chi connectivity index (χ0v) is 15.0. The molecule has 4 rings (SSSR count). The van der Waals surface area contributed by atoms with Gasteiger partial charge in [-0.3, -0.25) is 4.79 Å². The van der Waals surface area contributed by atoms with Crippen LogP contribution in [0.15, 0.2) is 72.8 Å². The lowest BCUT2D eigenvalue weighted by atomic mass is 10.1. The molecule has 0 bridgehead atoms. The highest BCUT2D eigenvalue weighted by Crippen LogP contribution is 2.23. The van der Waals surface area contributed by atoms with Gasteiger partial charge in [0.15, 0.2) is 5.82 Å². The molecule has 0 atom stereocenters. The monoisotopic (exact) mass is 356 g/mol. The number of nitrogens with zero attached hydrogens (tertiary/aromatic N) is 2. The van der Waals surface area contributed by atoms with Crippen LogP contribution in [0, 0.1) is 6.92 Å². The highest BCUT2D eigenvalue weighted by Gasteiger charge is 2.10. The van der Waals surface area contributed by atoms with Crippen molar-refractivity contribution < 1.29 is 4.79 Å². The lowest BCUT2D eigenvalue weighted by Gasteiger charge is -2.08. The molecule has 3 aromatic carbocycles. The Hall–Kier alpha value is -3.60. The summed E-state index contributed by atoms with van der Waals surface area (Å²) in [5.74, 6) is 0.467. The van der Waals surface area contributed by atoms with Gasteiger partial charge < -0.3 is 11.1 Å². The number of carbonyl (C=O) groups excluding carboxylic acids is 1. The van der Waals surface area contributed by atoms with Crippen molar-refractivity contribution in [3.05, 3.63) is 83.9 Å². The Labute approximate surface area is 157 Å². The summed E-state index contributed by atoms with van der Waals surface area (Å²) in [7, 11) is 0. The average molecular weight is 356 g/mol. The summed E-state index contributed by atoms with van der Waals surface area (Å²) in [5, 5.41) is 8.29. The second kappa shape index (κ2) is 6.96. The molecule has 1 amide bonds. The SMILES string of the molecule is Cc1cccc(NC(=O)Cc2ccc(-n3nc(N)c4ccccc43)cc2)c1. The minimum absolute atomic E-state index is 0.0397. The van der Waals surface area contributed by atoms with Crippen molar-refractivity contribution in [1.29, 1.82) is 0 Å². The Morgan fingerprint density at radius 3 is 2.59 bits per heavy atom. The number of fused-ring (bicyclic) bond motifs is 1. The first-order valence-corrected chi connectivity index (χ1v) is 8.79. The van der Waals surface area contributed by atoms with E-state index in [0.717, 1.165) is 33.4 Å². The summed E-state index contributed by atoms with van der Waals surface area (Å²) in [5.41, 5.74) is 10.7. The number of aromatic nitrogens is 2. The summed E-state index contributed by atoms with van der Waals surface area (Å²) in [6.07, 6.45) is 0.316. The molecule has 0 saturated heterocycles. The number of hydrogen-bond acceptors (Lipinski definition) is 3. The van der Waals surface area contributed by atoms with Gasteiger partial charge in [0.2, 0.25) is 5.91 Å². The van der Waals surface area contributed by atoms with E-state index in [0.29, 0.717) is 12.2 Å². The van der Waals surface area contributed by atoms with Crippen LogP contribution in [0.1, 0.15) is 11.1 Å². The molecule has 0 unspecified atom stereocenters. The largest absolute Gasteiger partial charge is 0.382 e. The first-order valence-electron chi connectivity index (χ1n) is 8.79. The fourth-order valence-electron chi connectivity index (χ4n) is 3.16. The average Bonchev–Trinajstić information content (AvgIpc) is 2.99. The van der Waals surface area contributed by atoms with E-state index in [4.69, 9.17) is 5.73 Å². The van der Waals surface area contributed by atoms with Gasteiger partial charge in [-0.25, -0.2) is 4.68 Å². The van der Waals surface area contributed by atoms with E-state index in [1.807, 2.05) is 84.4 Å². The molecule has 3 N–H and O–H groups in total. The molecule has 0 saturated carbocycles. The lowest BCUT2D eigenvalue weighted by molar-refractivity contribution is -0.115. The quantitative estimate of drug-likeness (QED) is 0.578. The molecule has 0 aliphatic carbocycles. The normalized spacial score (nSPS) is 10.9. The van der Waals surface area contributed by atoms with Crippen molar-refractivity contribution in [2.24, 2.45) is 0 Å². The van der Waals surface area contributed by atoms with E-state index < -0.39 is 0 Å². The molecule has 0 aliphatic rings. The third kappa shape index (κ3) is 3.53. The van der Waals surface area contributed by atoms with Gasteiger partial charge in [-0.2, -0.15) is 0 Å². The van der Waals surface area contributed by atoms with Crippen LogP contribution in [-0.2, 0) is 11.2 Å². The van der Waals surface area contributed by atoms with E-state index in [1.165, 1.54) is 0 Å². The van der Waals surface area contributed by atoms with E-state index in [-0.39, 0.29) is 5.91 Å². The molecule has 0 spiro atoms. The Morgan fingerprint density at radius 2 is 1.81 bits per heavy atom. The summed E-state index contributed by atoms with van der Waals surface area (Å²) < 4.78 is 1.82. The molecule has 5 heteroatoms. The van der Waals surface area contributed by atoms with Crippen LogP contribution in [0.3, 0.4) is 0 Å². The van der Waals surface area contributed by atoms with Gasteiger partial charge in [0.25, 0.3) is 0 Å². The first kappa shape index (κ1) is 16.8. The summed E-state index contributed by atoms with van der Waals surface area (Å²) in [6, 6.07) is 23.4. The fourth-order valence-corrected chi connectivity index (χ4v) is 3.16. The molecule has 27 heavy (non-hydrogen) atoms. The number of hydrogen-bond donors (Lipinski definition) is 2. The zero-order valence-electron chi connectivity index (χ0n) is 15.0. The lowest BCUT2D eigenvalue weighted by Crippen LogP contribution is -2.14. The van der Waals surface area contributed by atoms with Crippen LogP contribution >= 0.6 is 0 Å². The zero-order chi connectivity index (χ0) is 18.8. The van der Waals surface area contributed by atoms with Gasteiger partial charge in [0, 0.05) is 11.1 Å². The number of nitrogens with two attached hydrogens (primary N) is 1. The van der Waals surface area contributed by atoms with Crippen molar-refractivity contribution in [1.82, 2.24) is 9.78 Å². The van der Waals surface area contributed by atoms with Crippen LogP contribution in [-0.4, -0.2) is 15.7 Å². The van der Waals surface area contributed by atoms with Crippen molar-refractivity contribution in [2.45, 2.75) is 13.3 Å². The number of para-hydroxylation sites is 1. The smallest absolute Gasteiger partial charge is 0.228 e. The second-order valence-electron chi connectivity index (χ2n) is 6.58. The number of nitrogen functional groups attached to an aromatic ring is 1. The standard InChI is InChI=1S/C22H20N4O/c1-15-5-4-6-17(13-15)24-21(27)14-16-9-11-18(12-10-16)26-20-8-3-2-7-19(20)22(23)25-26/h2-13H,14H2,1H3,(H2,23,25)(H,24,27). The maximum absolute atomic E-state index is 12.3. The van der Waals surface area contributed by atoms with Crippen LogP contribution in [0.5, 0.6) is 0 Å². The van der Waals surface area contributed by atoms with Gasteiger partial charge in [-0.1, -0.05) is 36.4 Å². The maximum atomic E-state index is 12.3. The van der Waals surface area contributed by atoms with Gasteiger partial charge in [-0.05, 0) is 54.4 Å². The van der Waals surface area contributed by atoms with Crippen molar-refractivity contribution in [2.75, 3.05) is 11.1 Å². The highest BCUT2D eigenvalue weighted by molar-refractivity contribution is 5.92. The molecule has 0 aliphatic heterocycles. The molecule has 134 valence electrons. The number of aryl methyl sites for hydroxylation is 1. The third-order valence-corrected chi connectivity index (χ3v) is 4.46. The van der Waals surface area contributed by atoms with E-state index in [2.05, 4.69) is 10.4 Å². The van der Waals surface area contributed by atoms with E-state index >= 15 is 0 Å². The highest BCUT2D eigenvalue weighted by atomic mass is 16.1. The van der Waals surface area contributed by atoms with Crippen molar-refractivity contribution in [3.8, 4) is 5.69 Å². The predicted molar refractivity (Wildman–Crippen MR) is 109 cm³/mol. The number of benzene rings is 3. The topological polar surface area (TPSA) is 72.9 Å². The minimum atomic E-state index is -0.0397. The Balaban J connectivity index is 1.51. The van der Waals surface area contributed by atoms with Gasteiger partial charge in [0.05, 0.1) is 17.6 Å². The number of nitrogens with one attached hydrogen (secondary N) is 1. The number of anilines is 2. The molecule has 1 heterocycles. The van der Waals surface area contributed by atoms with Gasteiger partial charge in [-0.15, -0.1) is 5.10 Å². The molecule has 0 radical (unpaired) electrons. The molecular weight excluding hydrogens is 336 g/mol. The molecular formula is C22H20N4O. The molecule has 0 fully saturated rings. The molecule has 1 aromatic heterocycles. The van der Waals surface area contributed by atoms with Crippen LogP contribution in [0.4, 0.5) is 11.5 Å². The van der Waals surface area contributed by atoms with Crippen LogP contribution < -0.4 is 11.1 Å². The predicted octanol–water partition coefficient (Wildman–Crippen LogP) is 4.10. The Bertz CT molecular complexity index is 1110. The maximum Gasteiger partial charge on any atom is 0.228 e. The van der Waals surface area contributed by atoms with Crippen LogP contribution in [0.25, 0.3) is 16.6 Å². The minimum Gasteiger partial charge on any atom is -0.382 e. The van der Waals surface area contributed by atoms with Gasteiger partial charge in [0.1, 0.15) is 0 Å². The van der Waals surface area contributed by atoms with E-state index in [9.17, 15) is 4.79 Å². The first-order chi connectivity index (χ1) is 13.1. The Morgan fingerprint density at radius 1 is 1.04 bits per heavy atom. The van der Waals surface area contributed by atoms with E-state index in [1.54, 1.807) is 0 Å². The van der Waals surface area contributed by atoms with Gasteiger partial charge >= 0.3 is 0 Å². The second-order valence-corrected chi connectivity index (χ2v) is 6.58. The Kier molecular flexibility index (Phi) is 4.34. The van der Waals surface area contributed by atoms with Crippen LogP contribution in [0.2, 0.25) is 0 Å². The molecule has 4 aromatic rings.